The lowest BCUT2D eigenvalue weighted by molar-refractivity contribution is -0.426. The van der Waals surface area contributed by atoms with Crippen LogP contribution in [0, 0.1) is 10.1 Å². The largest absolute Gasteiger partial charge is 0.496 e. The lowest BCUT2D eigenvalue weighted by atomic mass is 9.91. The van der Waals surface area contributed by atoms with Gasteiger partial charge >= 0.3 is 0 Å². The third-order valence-electron chi connectivity index (χ3n) is 2.88. The van der Waals surface area contributed by atoms with E-state index < -0.39 is 0 Å². The minimum absolute atomic E-state index is 0.220. The Labute approximate surface area is 104 Å². The van der Waals surface area contributed by atoms with Gasteiger partial charge in [0.1, 0.15) is 5.75 Å². The molecule has 88 valence electrons. The van der Waals surface area contributed by atoms with E-state index in [0.29, 0.717) is 18.6 Å². The summed E-state index contributed by atoms with van der Waals surface area (Å²) in [5.41, 5.74) is 2.97. The SMILES string of the molecule is COc1ccc(C=S)c2c1C=C([N+](=O)[O-])CC2. The fourth-order valence-corrected chi connectivity index (χ4v) is 2.24. The van der Waals surface area contributed by atoms with Crippen LogP contribution in [0.5, 0.6) is 5.75 Å². The van der Waals surface area contributed by atoms with Crippen LogP contribution in [0.15, 0.2) is 17.8 Å². The summed E-state index contributed by atoms with van der Waals surface area (Å²) in [6.45, 7) is 0. The van der Waals surface area contributed by atoms with Gasteiger partial charge in [0.05, 0.1) is 12.0 Å². The molecule has 0 heterocycles. The van der Waals surface area contributed by atoms with E-state index >= 15 is 0 Å². The van der Waals surface area contributed by atoms with Crippen LogP contribution in [0.1, 0.15) is 23.1 Å². The first-order valence-corrected chi connectivity index (χ1v) is 5.64. The maximum atomic E-state index is 10.8. The molecule has 0 amide bonds. The predicted molar refractivity (Wildman–Crippen MR) is 69.0 cm³/mol. The highest BCUT2D eigenvalue weighted by Crippen LogP contribution is 2.33. The smallest absolute Gasteiger partial charge is 0.247 e. The summed E-state index contributed by atoms with van der Waals surface area (Å²) in [7, 11) is 1.56. The van der Waals surface area contributed by atoms with Gasteiger partial charge in [0.15, 0.2) is 0 Å². The first-order chi connectivity index (χ1) is 8.17. The number of nitro groups is 1. The maximum Gasteiger partial charge on any atom is 0.247 e. The quantitative estimate of drug-likeness (QED) is 0.469. The lowest BCUT2D eigenvalue weighted by Gasteiger charge is -2.17. The average molecular weight is 249 g/mol. The number of allylic oxidation sites excluding steroid dienone is 1. The molecule has 17 heavy (non-hydrogen) atoms. The molecule has 0 fully saturated rings. The fraction of sp³-hybridized carbons (Fsp3) is 0.250. The zero-order valence-electron chi connectivity index (χ0n) is 9.30. The Morgan fingerprint density at radius 1 is 1.47 bits per heavy atom. The van der Waals surface area contributed by atoms with Crippen LogP contribution in [0.25, 0.3) is 6.08 Å². The number of nitrogens with zero attached hydrogens (tertiary/aromatic N) is 1. The van der Waals surface area contributed by atoms with Crippen molar-refractivity contribution >= 4 is 23.7 Å². The summed E-state index contributed by atoms with van der Waals surface area (Å²) in [6.07, 6.45) is 2.64. The molecule has 4 nitrogen and oxygen atoms in total. The molecular formula is C12H11NO3S. The molecule has 0 saturated heterocycles. The van der Waals surface area contributed by atoms with Gasteiger partial charge in [-0.25, -0.2) is 0 Å². The molecule has 0 aromatic heterocycles. The van der Waals surface area contributed by atoms with Crippen LogP contribution in [-0.4, -0.2) is 17.4 Å². The number of fused-ring (bicyclic) bond motifs is 1. The summed E-state index contributed by atoms with van der Waals surface area (Å²) in [6, 6.07) is 3.67. The highest BCUT2D eigenvalue weighted by molar-refractivity contribution is 7.79. The van der Waals surface area contributed by atoms with Gasteiger partial charge in [-0.2, -0.15) is 0 Å². The Hall–Kier alpha value is -1.75. The molecule has 0 aliphatic heterocycles. The first-order valence-electron chi connectivity index (χ1n) is 5.17. The van der Waals surface area contributed by atoms with Gasteiger partial charge in [-0.05, 0) is 23.6 Å². The van der Waals surface area contributed by atoms with Gasteiger partial charge in [0, 0.05) is 23.4 Å². The summed E-state index contributed by atoms with van der Waals surface area (Å²) in [5.74, 6) is 0.652. The normalized spacial score (nSPS) is 13.6. The van der Waals surface area contributed by atoms with Crippen LogP contribution < -0.4 is 4.74 Å². The lowest BCUT2D eigenvalue weighted by Crippen LogP contribution is -2.09. The van der Waals surface area contributed by atoms with E-state index in [9.17, 15) is 10.1 Å². The molecule has 0 spiro atoms. The highest BCUT2D eigenvalue weighted by Gasteiger charge is 2.22. The molecule has 1 aromatic rings. The van der Waals surface area contributed by atoms with Gasteiger partial charge in [0.25, 0.3) is 0 Å². The van der Waals surface area contributed by atoms with Gasteiger partial charge in [0.2, 0.25) is 5.70 Å². The summed E-state index contributed by atoms with van der Waals surface area (Å²) >= 11 is 4.94. The predicted octanol–water partition coefficient (Wildman–Crippen LogP) is 2.61. The second-order valence-electron chi connectivity index (χ2n) is 3.76. The third-order valence-corrected chi connectivity index (χ3v) is 3.13. The van der Waals surface area contributed by atoms with Crippen molar-refractivity contribution in [2.24, 2.45) is 0 Å². The minimum Gasteiger partial charge on any atom is -0.496 e. The van der Waals surface area contributed by atoms with Crippen molar-refractivity contribution in [3.63, 3.8) is 0 Å². The van der Waals surface area contributed by atoms with Crippen molar-refractivity contribution in [2.45, 2.75) is 12.8 Å². The van der Waals surface area contributed by atoms with Crippen molar-refractivity contribution in [1.29, 1.82) is 0 Å². The van der Waals surface area contributed by atoms with E-state index in [2.05, 4.69) is 0 Å². The van der Waals surface area contributed by atoms with Crippen LogP contribution in [0.2, 0.25) is 0 Å². The van der Waals surface area contributed by atoms with Crippen LogP contribution in [0.3, 0.4) is 0 Å². The number of methoxy groups -OCH3 is 1. The zero-order chi connectivity index (χ0) is 12.4. The molecule has 1 aromatic carbocycles. The Kier molecular flexibility index (Phi) is 3.19. The molecule has 0 N–H and O–H groups in total. The Morgan fingerprint density at radius 3 is 2.82 bits per heavy atom. The molecule has 0 bridgehead atoms. The summed E-state index contributed by atoms with van der Waals surface area (Å²) in [5, 5.41) is 12.4. The van der Waals surface area contributed by atoms with E-state index in [0.717, 1.165) is 16.7 Å². The molecule has 0 atom stereocenters. The van der Waals surface area contributed by atoms with E-state index in [1.807, 2.05) is 6.07 Å². The van der Waals surface area contributed by atoms with Crippen LogP contribution in [0.4, 0.5) is 0 Å². The van der Waals surface area contributed by atoms with Crippen molar-refractivity contribution < 1.29 is 9.66 Å². The monoisotopic (exact) mass is 249 g/mol. The Morgan fingerprint density at radius 2 is 2.24 bits per heavy atom. The van der Waals surface area contributed by atoms with Crippen molar-refractivity contribution in [1.82, 2.24) is 0 Å². The maximum absolute atomic E-state index is 10.8. The summed E-state index contributed by atoms with van der Waals surface area (Å²) in [4.78, 5) is 10.4. The third kappa shape index (κ3) is 2.06. The fourth-order valence-electron chi connectivity index (χ4n) is 2.02. The van der Waals surface area contributed by atoms with E-state index in [-0.39, 0.29) is 10.6 Å². The molecule has 1 aliphatic carbocycles. The molecule has 1 aliphatic rings. The molecule has 2 rings (SSSR count). The number of benzene rings is 1. The van der Waals surface area contributed by atoms with E-state index in [4.69, 9.17) is 17.0 Å². The second-order valence-corrected chi connectivity index (χ2v) is 4.00. The van der Waals surface area contributed by atoms with Crippen LogP contribution >= 0.6 is 12.2 Å². The molecular weight excluding hydrogens is 238 g/mol. The topological polar surface area (TPSA) is 52.4 Å². The average Bonchev–Trinajstić information content (AvgIpc) is 2.36. The van der Waals surface area contributed by atoms with Gasteiger partial charge in [-0.3, -0.25) is 10.1 Å². The first kappa shape index (κ1) is 11.7. The van der Waals surface area contributed by atoms with E-state index in [1.54, 1.807) is 24.6 Å². The van der Waals surface area contributed by atoms with Crippen molar-refractivity contribution in [2.75, 3.05) is 7.11 Å². The number of hydrogen-bond donors (Lipinski definition) is 0. The van der Waals surface area contributed by atoms with Crippen LogP contribution in [-0.2, 0) is 6.42 Å². The molecule has 0 saturated carbocycles. The molecule has 0 radical (unpaired) electrons. The standard InChI is InChI=1S/C12H11NO3S/c1-16-12-5-2-8(7-17)10-4-3-9(13(14)15)6-11(10)12/h2,5-7H,3-4H2,1H3. The minimum atomic E-state index is -0.341. The number of hydrogen-bond acceptors (Lipinski definition) is 4. The number of ether oxygens (including phenoxy) is 1. The van der Waals surface area contributed by atoms with Crippen molar-refractivity contribution in [3.05, 3.63) is 44.6 Å². The van der Waals surface area contributed by atoms with Gasteiger partial charge in [-0.15, -0.1) is 0 Å². The van der Waals surface area contributed by atoms with Crippen molar-refractivity contribution in [3.8, 4) is 5.75 Å². The summed E-state index contributed by atoms with van der Waals surface area (Å²) < 4.78 is 5.23. The molecule has 5 heteroatoms. The van der Waals surface area contributed by atoms with Gasteiger partial charge in [-0.1, -0.05) is 18.3 Å². The zero-order valence-corrected chi connectivity index (χ0v) is 10.1. The van der Waals surface area contributed by atoms with E-state index in [1.165, 1.54) is 0 Å². The number of rotatable bonds is 3. The Balaban J connectivity index is 2.62. The number of thiocarbonyl (C=S) groups is 1. The Bertz CT molecular complexity index is 523. The molecule has 0 unspecified atom stereocenters. The van der Waals surface area contributed by atoms with Gasteiger partial charge < -0.3 is 4.74 Å². The second kappa shape index (κ2) is 4.63. The highest BCUT2D eigenvalue weighted by atomic mass is 32.1.